The smallest absolute Gasteiger partial charge is 0.322 e. The zero-order valence-corrected chi connectivity index (χ0v) is 14.1. The molecule has 1 aliphatic heterocycles. The molecule has 0 aliphatic carbocycles. The van der Waals surface area contributed by atoms with Gasteiger partial charge in [-0.05, 0) is 36.5 Å². The Labute approximate surface area is 146 Å². The molecule has 6 heteroatoms. The molecule has 132 valence electrons. The summed E-state index contributed by atoms with van der Waals surface area (Å²) in [6.07, 6.45) is 3.51. The molecule has 1 aromatic carbocycles. The number of amides is 2. The van der Waals surface area contributed by atoms with Crippen LogP contribution >= 0.6 is 0 Å². The molecule has 2 heterocycles. The number of hydrogen-bond acceptors (Lipinski definition) is 3. The molecule has 1 aliphatic rings. The standard InChI is InChI=1S/C19H23N3O3/c23-14-16-8-4-11-22(13-16)19(25)20-17-9-5-10-21(18(17)24)12-15-6-2-1-3-7-15/h1-3,5-7,9-10,16,23H,4,8,11-14H2,(H,20,25). The van der Waals surface area contributed by atoms with Crippen LogP contribution in [0, 0.1) is 5.92 Å². The summed E-state index contributed by atoms with van der Waals surface area (Å²) in [7, 11) is 0. The maximum absolute atomic E-state index is 12.6. The van der Waals surface area contributed by atoms with E-state index in [0.29, 0.717) is 19.6 Å². The van der Waals surface area contributed by atoms with Crippen LogP contribution in [0.25, 0.3) is 0 Å². The minimum atomic E-state index is -0.285. The Morgan fingerprint density at radius 1 is 1.20 bits per heavy atom. The number of benzene rings is 1. The second kappa shape index (κ2) is 7.98. The van der Waals surface area contributed by atoms with Gasteiger partial charge in [-0.15, -0.1) is 0 Å². The van der Waals surface area contributed by atoms with Gasteiger partial charge in [-0.25, -0.2) is 4.79 Å². The number of aliphatic hydroxyl groups is 1. The van der Waals surface area contributed by atoms with Crippen molar-refractivity contribution in [3.05, 3.63) is 64.6 Å². The number of rotatable bonds is 4. The third-order valence-electron chi connectivity index (χ3n) is 4.52. The molecule has 0 spiro atoms. The van der Waals surface area contributed by atoms with Crippen LogP contribution < -0.4 is 10.9 Å². The topological polar surface area (TPSA) is 74.6 Å². The highest BCUT2D eigenvalue weighted by Gasteiger charge is 2.23. The van der Waals surface area contributed by atoms with E-state index < -0.39 is 0 Å². The molecule has 2 N–H and O–H groups in total. The van der Waals surface area contributed by atoms with Gasteiger partial charge >= 0.3 is 6.03 Å². The molecule has 1 unspecified atom stereocenters. The third-order valence-corrected chi connectivity index (χ3v) is 4.52. The number of urea groups is 1. The van der Waals surface area contributed by atoms with E-state index >= 15 is 0 Å². The van der Waals surface area contributed by atoms with Gasteiger partial charge in [0.05, 0.1) is 6.54 Å². The van der Waals surface area contributed by atoms with Gasteiger partial charge < -0.3 is 19.9 Å². The monoisotopic (exact) mass is 341 g/mol. The van der Waals surface area contributed by atoms with E-state index in [9.17, 15) is 14.7 Å². The number of piperidine rings is 1. The number of likely N-dealkylation sites (tertiary alicyclic amines) is 1. The first-order chi connectivity index (χ1) is 12.2. The van der Waals surface area contributed by atoms with Crippen molar-refractivity contribution >= 4 is 11.7 Å². The van der Waals surface area contributed by atoms with Crippen molar-refractivity contribution in [1.29, 1.82) is 0 Å². The summed E-state index contributed by atoms with van der Waals surface area (Å²) in [6.45, 7) is 1.71. The average Bonchev–Trinajstić information content (AvgIpc) is 2.66. The van der Waals surface area contributed by atoms with Gasteiger partial charge in [0.15, 0.2) is 0 Å². The van der Waals surface area contributed by atoms with Gasteiger partial charge in [0, 0.05) is 25.9 Å². The summed E-state index contributed by atoms with van der Waals surface area (Å²) in [5, 5.41) is 12.0. The number of nitrogens with one attached hydrogen (secondary N) is 1. The van der Waals surface area contributed by atoms with Crippen LogP contribution in [0.2, 0.25) is 0 Å². The van der Waals surface area contributed by atoms with E-state index in [1.807, 2.05) is 30.3 Å². The van der Waals surface area contributed by atoms with Crippen LogP contribution in [0.15, 0.2) is 53.5 Å². The molecule has 1 aromatic heterocycles. The Bertz CT molecular complexity index is 773. The van der Waals surface area contributed by atoms with Crippen molar-refractivity contribution in [2.75, 3.05) is 25.0 Å². The maximum atomic E-state index is 12.6. The van der Waals surface area contributed by atoms with Crippen molar-refractivity contribution in [3.8, 4) is 0 Å². The van der Waals surface area contributed by atoms with Crippen molar-refractivity contribution in [3.63, 3.8) is 0 Å². The molecule has 25 heavy (non-hydrogen) atoms. The first kappa shape index (κ1) is 17.2. The fourth-order valence-corrected chi connectivity index (χ4v) is 3.13. The maximum Gasteiger partial charge on any atom is 0.322 e. The van der Waals surface area contributed by atoms with Crippen molar-refractivity contribution in [1.82, 2.24) is 9.47 Å². The Morgan fingerprint density at radius 2 is 2.00 bits per heavy atom. The SMILES string of the molecule is O=C(Nc1cccn(Cc2ccccc2)c1=O)N1CCCC(CO)C1. The van der Waals surface area contributed by atoms with E-state index in [1.165, 1.54) is 0 Å². The van der Waals surface area contributed by atoms with Crippen LogP contribution in [-0.2, 0) is 6.54 Å². The lowest BCUT2D eigenvalue weighted by Crippen LogP contribution is -2.44. The Kier molecular flexibility index (Phi) is 5.50. The second-order valence-corrected chi connectivity index (χ2v) is 6.41. The summed E-state index contributed by atoms with van der Waals surface area (Å²) in [6, 6.07) is 12.8. The predicted molar refractivity (Wildman–Crippen MR) is 96.6 cm³/mol. The van der Waals surface area contributed by atoms with Crippen molar-refractivity contribution in [2.45, 2.75) is 19.4 Å². The lowest BCUT2D eigenvalue weighted by molar-refractivity contribution is 0.136. The van der Waals surface area contributed by atoms with Crippen LogP contribution in [0.5, 0.6) is 0 Å². The predicted octanol–water partition coefficient (Wildman–Crippen LogP) is 2.13. The number of aliphatic hydroxyl groups excluding tert-OH is 1. The molecule has 1 saturated heterocycles. The highest BCUT2D eigenvalue weighted by molar-refractivity contribution is 5.89. The molecule has 3 rings (SSSR count). The summed E-state index contributed by atoms with van der Waals surface area (Å²) in [4.78, 5) is 26.7. The number of carbonyl (C=O) groups excluding carboxylic acids is 1. The summed E-state index contributed by atoms with van der Waals surface area (Å²) < 4.78 is 1.58. The number of pyridine rings is 1. The Morgan fingerprint density at radius 3 is 2.76 bits per heavy atom. The second-order valence-electron chi connectivity index (χ2n) is 6.41. The lowest BCUT2D eigenvalue weighted by Gasteiger charge is -2.31. The highest BCUT2D eigenvalue weighted by Crippen LogP contribution is 2.16. The Balaban J connectivity index is 1.71. The summed E-state index contributed by atoms with van der Waals surface area (Å²) in [5.74, 6) is 0.116. The molecule has 0 radical (unpaired) electrons. The fraction of sp³-hybridized carbons (Fsp3) is 0.368. The van der Waals surface area contributed by atoms with Gasteiger partial charge in [-0.2, -0.15) is 0 Å². The number of carbonyl (C=O) groups is 1. The molecular formula is C19H23N3O3. The van der Waals surface area contributed by atoms with Gasteiger partial charge in [0.2, 0.25) is 0 Å². The van der Waals surface area contributed by atoms with Crippen LogP contribution in [-0.4, -0.2) is 40.3 Å². The molecule has 6 nitrogen and oxygen atoms in total. The molecular weight excluding hydrogens is 318 g/mol. The molecule has 2 amide bonds. The minimum Gasteiger partial charge on any atom is -0.396 e. The number of aromatic nitrogens is 1. The normalized spacial score (nSPS) is 17.3. The van der Waals surface area contributed by atoms with Gasteiger partial charge in [0.1, 0.15) is 5.69 Å². The first-order valence-corrected chi connectivity index (χ1v) is 8.57. The van der Waals surface area contributed by atoms with E-state index in [4.69, 9.17) is 0 Å². The first-order valence-electron chi connectivity index (χ1n) is 8.57. The van der Waals surface area contributed by atoms with E-state index in [1.54, 1.807) is 27.8 Å². The molecule has 1 fully saturated rings. The zero-order chi connectivity index (χ0) is 17.6. The number of hydrogen-bond donors (Lipinski definition) is 2. The van der Waals surface area contributed by atoms with Crippen molar-refractivity contribution < 1.29 is 9.90 Å². The van der Waals surface area contributed by atoms with Gasteiger partial charge in [0.25, 0.3) is 5.56 Å². The lowest BCUT2D eigenvalue weighted by atomic mass is 9.99. The van der Waals surface area contributed by atoms with E-state index in [0.717, 1.165) is 18.4 Å². The highest BCUT2D eigenvalue weighted by atomic mass is 16.3. The fourth-order valence-electron chi connectivity index (χ4n) is 3.13. The van der Waals surface area contributed by atoms with Gasteiger partial charge in [-0.1, -0.05) is 30.3 Å². The number of anilines is 1. The van der Waals surface area contributed by atoms with Crippen LogP contribution in [0.3, 0.4) is 0 Å². The van der Waals surface area contributed by atoms with Crippen LogP contribution in [0.4, 0.5) is 10.5 Å². The minimum absolute atomic E-state index is 0.0823. The Hall–Kier alpha value is -2.60. The quantitative estimate of drug-likeness (QED) is 0.895. The van der Waals surface area contributed by atoms with E-state index in [2.05, 4.69) is 5.32 Å². The van der Waals surface area contributed by atoms with Crippen LogP contribution in [0.1, 0.15) is 18.4 Å². The largest absolute Gasteiger partial charge is 0.396 e. The molecule has 1 atom stereocenters. The zero-order valence-electron chi connectivity index (χ0n) is 14.1. The van der Waals surface area contributed by atoms with E-state index in [-0.39, 0.29) is 29.8 Å². The molecule has 2 aromatic rings. The van der Waals surface area contributed by atoms with Gasteiger partial charge in [-0.3, -0.25) is 4.79 Å². The molecule has 0 saturated carbocycles. The van der Waals surface area contributed by atoms with Crippen molar-refractivity contribution in [2.24, 2.45) is 5.92 Å². The third kappa shape index (κ3) is 4.28. The average molecular weight is 341 g/mol. The molecule has 0 bridgehead atoms. The summed E-state index contributed by atoms with van der Waals surface area (Å²) in [5.41, 5.74) is 1.07. The number of nitrogens with zero attached hydrogens (tertiary/aromatic N) is 2. The summed E-state index contributed by atoms with van der Waals surface area (Å²) >= 11 is 0.